The van der Waals surface area contributed by atoms with E-state index >= 15 is 0 Å². The molecule has 116 valence electrons. The molecule has 1 heterocycles. The number of carboxylic acid groups (broad SMARTS) is 1. The molecular weight excluding hydrogens is 294 g/mol. The molecule has 1 fully saturated rings. The second-order valence-electron chi connectivity index (χ2n) is 4.82. The lowest BCUT2D eigenvalue weighted by Crippen LogP contribution is -2.46. The van der Waals surface area contributed by atoms with Crippen LogP contribution in [0, 0.1) is 0 Å². The molecule has 1 aromatic rings. The van der Waals surface area contributed by atoms with Gasteiger partial charge in [-0.1, -0.05) is 0 Å². The van der Waals surface area contributed by atoms with Gasteiger partial charge in [-0.15, -0.1) is 0 Å². The van der Waals surface area contributed by atoms with E-state index in [1.807, 2.05) is 0 Å². The highest BCUT2D eigenvalue weighted by Gasteiger charge is 2.15. The first kappa shape index (κ1) is 15.9. The number of piperazine rings is 1. The Balaban J connectivity index is 1.90. The number of hydrogen-bond acceptors (Lipinski definition) is 5. The fraction of sp³-hybridized carbons (Fsp3) is 0.462. The summed E-state index contributed by atoms with van der Waals surface area (Å²) in [5.74, 6) is -1.08. The average Bonchev–Trinajstić information content (AvgIpc) is 2.48. The summed E-state index contributed by atoms with van der Waals surface area (Å²) in [6.07, 6.45) is 0. The molecular formula is C13H19N3O4S. The highest BCUT2D eigenvalue weighted by molar-refractivity contribution is 7.89. The highest BCUT2D eigenvalue weighted by Crippen LogP contribution is 2.10. The van der Waals surface area contributed by atoms with Crippen molar-refractivity contribution in [1.29, 1.82) is 0 Å². The van der Waals surface area contributed by atoms with Crippen molar-refractivity contribution < 1.29 is 18.3 Å². The molecule has 0 radical (unpaired) electrons. The summed E-state index contributed by atoms with van der Waals surface area (Å²) in [7, 11) is -3.59. The van der Waals surface area contributed by atoms with Crippen LogP contribution in [0.15, 0.2) is 29.2 Å². The molecule has 21 heavy (non-hydrogen) atoms. The monoisotopic (exact) mass is 313 g/mol. The van der Waals surface area contributed by atoms with Crippen LogP contribution in [0.2, 0.25) is 0 Å². The summed E-state index contributed by atoms with van der Waals surface area (Å²) < 4.78 is 26.7. The van der Waals surface area contributed by atoms with Gasteiger partial charge in [-0.3, -0.25) is 4.90 Å². The van der Waals surface area contributed by atoms with Gasteiger partial charge in [0.1, 0.15) is 0 Å². The Morgan fingerprint density at radius 1 is 1.24 bits per heavy atom. The molecule has 0 saturated carbocycles. The minimum Gasteiger partial charge on any atom is -0.478 e. The van der Waals surface area contributed by atoms with Crippen LogP contribution < -0.4 is 10.0 Å². The Bertz CT molecular complexity index is 580. The molecule has 0 unspecified atom stereocenters. The zero-order valence-corrected chi connectivity index (χ0v) is 12.4. The van der Waals surface area contributed by atoms with E-state index in [0.29, 0.717) is 13.1 Å². The Hall–Kier alpha value is -1.48. The van der Waals surface area contributed by atoms with Gasteiger partial charge in [-0.2, -0.15) is 0 Å². The first-order chi connectivity index (χ1) is 9.99. The number of nitrogens with zero attached hydrogens (tertiary/aromatic N) is 1. The number of hydrogen-bond donors (Lipinski definition) is 3. The summed E-state index contributed by atoms with van der Waals surface area (Å²) in [6, 6.07) is 5.17. The average molecular weight is 313 g/mol. The van der Waals surface area contributed by atoms with Crippen molar-refractivity contribution in [1.82, 2.24) is 14.9 Å². The minimum atomic E-state index is -3.59. The Morgan fingerprint density at radius 2 is 1.86 bits per heavy atom. The second-order valence-corrected chi connectivity index (χ2v) is 6.59. The molecule has 0 spiro atoms. The second kappa shape index (κ2) is 6.99. The topological polar surface area (TPSA) is 98.7 Å². The van der Waals surface area contributed by atoms with Gasteiger partial charge in [-0.05, 0) is 24.3 Å². The number of rotatable bonds is 6. The van der Waals surface area contributed by atoms with E-state index in [4.69, 9.17) is 5.11 Å². The van der Waals surface area contributed by atoms with E-state index in [9.17, 15) is 13.2 Å². The maximum Gasteiger partial charge on any atom is 0.335 e. The van der Waals surface area contributed by atoms with Crippen LogP contribution in [0.4, 0.5) is 0 Å². The molecule has 1 aromatic carbocycles. The maximum atomic E-state index is 12.1. The number of sulfonamides is 1. The van der Waals surface area contributed by atoms with Crippen molar-refractivity contribution in [3.63, 3.8) is 0 Å². The molecule has 1 aliphatic rings. The normalized spacial score (nSPS) is 16.8. The van der Waals surface area contributed by atoms with E-state index in [0.717, 1.165) is 26.2 Å². The zero-order valence-electron chi connectivity index (χ0n) is 11.6. The highest BCUT2D eigenvalue weighted by atomic mass is 32.2. The van der Waals surface area contributed by atoms with Crippen molar-refractivity contribution in [3.05, 3.63) is 29.8 Å². The smallest absolute Gasteiger partial charge is 0.335 e. The van der Waals surface area contributed by atoms with Crippen molar-refractivity contribution >= 4 is 16.0 Å². The lowest BCUT2D eigenvalue weighted by atomic mass is 10.2. The first-order valence-electron chi connectivity index (χ1n) is 6.75. The van der Waals surface area contributed by atoms with Gasteiger partial charge in [0.15, 0.2) is 0 Å². The molecule has 8 heteroatoms. The van der Waals surface area contributed by atoms with Crippen LogP contribution in [0.3, 0.4) is 0 Å². The van der Waals surface area contributed by atoms with Crippen LogP contribution in [0.5, 0.6) is 0 Å². The molecule has 0 aliphatic carbocycles. The van der Waals surface area contributed by atoms with Crippen molar-refractivity contribution in [2.45, 2.75) is 4.90 Å². The van der Waals surface area contributed by atoms with Crippen molar-refractivity contribution in [2.75, 3.05) is 39.3 Å². The number of carboxylic acids is 1. The third kappa shape index (κ3) is 4.50. The number of carbonyl (C=O) groups is 1. The summed E-state index contributed by atoms with van der Waals surface area (Å²) in [6.45, 7) is 4.66. The molecule has 0 aromatic heterocycles. The summed E-state index contributed by atoms with van der Waals surface area (Å²) in [5, 5.41) is 12.0. The van der Waals surface area contributed by atoms with Crippen LogP contribution in [-0.4, -0.2) is 63.7 Å². The summed E-state index contributed by atoms with van der Waals surface area (Å²) in [4.78, 5) is 13.0. The fourth-order valence-corrected chi connectivity index (χ4v) is 3.15. The molecule has 0 atom stereocenters. The van der Waals surface area contributed by atoms with Crippen LogP contribution in [0.25, 0.3) is 0 Å². The zero-order chi connectivity index (χ0) is 15.3. The molecule has 3 N–H and O–H groups in total. The molecule has 0 amide bonds. The van der Waals surface area contributed by atoms with E-state index in [2.05, 4.69) is 14.9 Å². The first-order valence-corrected chi connectivity index (χ1v) is 8.23. The molecule has 1 saturated heterocycles. The molecule has 0 bridgehead atoms. The lowest BCUT2D eigenvalue weighted by Gasteiger charge is -2.27. The molecule has 2 rings (SSSR count). The van der Waals surface area contributed by atoms with E-state index in [1.165, 1.54) is 24.3 Å². The van der Waals surface area contributed by atoms with Crippen molar-refractivity contribution in [3.8, 4) is 0 Å². The SMILES string of the molecule is O=C(O)c1ccc(S(=O)(=O)NCCN2CCNCC2)cc1. The standard InChI is InChI=1S/C13H19N3O4S/c17-13(18)11-1-3-12(4-2-11)21(19,20)15-7-10-16-8-5-14-6-9-16/h1-4,14-15H,5-10H2,(H,17,18). The third-order valence-corrected chi connectivity index (χ3v) is 4.82. The number of nitrogens with one attached hydrogen (secondary N) is 2. The fourth-order valence-electron chi connectivity index (χ4n) is 2.13. The molecule has 7 nitrogen and oxygen atoms in total. The van der Waals surface area contributed by atoms with Gasteiger partial charge in [0, 0.05) is 39.3 Å². The Morgan fingerprint density at radius 3 is 2.43 bits per heavy atom. The van der Waals surface area contributed by atoms with Gasteiger partial charge in [-0.25, -0.2) is 17.9 Å². The Kier molecular flexibility index (Phi) is 5.29. The van der Waals surface area contributed by atoms with E-state index < -0.39 is 16.0 Å². The van der Waals surface area contributed by atoms with Gasteiger partial charge in [0.25, 0.3) is 0 Å². The van der Waals surface area contributed by atoms with Gasteiger partial charge in [0.05, 0.1) is 10.5 Å². The third-order valence-electron chi connectivity index (χ3n) is 3.34. The minimum absolute atomic E-state index is 0.0646. The van der Waals surface area contributed by atoms with Crippen LogP contribution >= 0.6 is 0 Å². The van der Waals surface area contributed by atoms with E-state index in [-0.39, 0.29) is 10.5 Å². The van der Waals surface area contributed by atoms with Gasteiger partial charge >= 0.3 is 5.97 Å². The predicted molar refractivity (Wildman–Crippen MR) is 77.9 cm³/mol. The summed E-state index contributed by atoms with van der Waals surface area (Å²) >= 11 is 0. The lowest BCUT2D eigenvalue weighted by molar-refractivity contribution is 0.0696. The van der Waals surface area contributed by atoms with Gasteiger partial charge < -0.3 is 10.4 Å². The number of benzene rings is 1. The Labute approximate surface area is 124 Å². The molecule has 1 aliphatic heterocycles. The summed E-state index contributed by atoms with van der Waals surface area (Å²) in [5.41, 5.74) is 0.0646. The quantitative estimate of drug-likeness (QED) is 0.659. The van der Waals surface area contributed by atoms with Crippen LogP contribution in [0.1, 0.15) is 10.4 Å². The largest absolute Gasteiger partial charge is 0.478 e. The van der Waals surface area contributed by atoms with E-state index in [1.54, 1.807) is 0 Å². The van der Waals surface area contributed by atoms with Gasteiger partial charge in [0.2, 0.25) is 10.0 Å². The van der Waals surface area contributed by atoms with Crippen molar-refractivity contribution in [2.24, 2.45) is 0 Å². The van der Waals surface area contributed by atoms with Crippen LogP contribution in [-0.2, 0) is 10.0 Å². The maximum absolute atomic E-state index is 12.1. The number of aromatic carboxylic acids is 1. The predicted octanol–water partition coefficient (Wildman–Crippen LogP) is -0.432.